The van der Waals surface area contributed by atoms with Crippen LogP contribution in [-0.2, 0) is 12.8 Å². The highest BCUT2D eigenvalue weighted by Crippen LogP contribution is 2.20. The molecule has 2 heterocycles. The van der Waals surface area contributed by atoms with Crippen LogP contribution in [0.25, 0.3) is 0 Å². The molecule has 3 rings (SSSR count). The molecular formula is C19H24N2O2. The first-order valence-corrected chi connectivity index (χ1v) is 8.27. The molecule has 0 spiro atoms. The number of rotatable bonds is 7. The number of benzene rings is 1. The number of ether oxygens (including phenoxy) is 2. The van der Waals surface area contributed by atoms with Crippen LogP contribution in [0.2, 0.25) is 0 Å². The van der Waals surface area contributed by atoms with Crippen LogP contribution in [-0.4, -0.2) is 31.3 Å². The molecule has 1 aliphatic heterocycles. The van der Waals surface area contributed by atoms with Gasteiger partial charge in [0, 0.05) is 12.2 Å². The van der Waals surface area contributed by atoms with E-state index in [2.05, 4.69) is 22.4 Å². The Labute approximate surface area is 137 Å². The minimum Gasteiger partial charge on any atom is -0.496 e. The molecule has 0 bridgehead atoms. The van der Waals surface area contributed by atoms with Gasteiger partial charge in [-0.2, -0.15) is 0 Å². The van der Waals surface area contributed by atoms with E-state index in [-0.39, 0.29) is 0 Å². The Balaban J connectivity index is 1.56. The van der Waals surface area contributed by atoms with Gasteiger partial charge in [-0.1, -0.05) is 18.2 Å². The van der Waals surface area contributed by atoms with E-state index in [1.54, 1.807) is 13.3 Å². The van der Waals surface area contributed by atoms with E-state index >= 15 is 0 Å². The highest BCUT2D eigenvalue weighted by Gasteiger charge is 2.14. The standard InChI is InChI=1S/C19H24N2O2/c1-22-19-7-3-2-5-16(19)9-8-15-11-18(13-20-12-15)23-14-17-6-4-10-21-17/h2-3,5,7,11-13,17,21H,4,6,8-10,14H2,1H3. The molecular weight excluding hydrogens is 288 g/mol. The van der Waals surface area contributed by atoms with Crippen molar-refractivity contribution in [3.8, 4) is 11.5 Å². The van der Waals surface area contributed by atoms with Crippen LogP contribution in [0.3, 0.4) is 0 Å². The first-order valence-electron chi connectivity index (χ1n) is 8.27. The van der Waals surface area contributed by atoms with E-state index in [0.29, 0.717) is 6.04 Å². The number of nitrogens with one attached hydrogen (secondary N) is 1. The smallest absolute Gasteiger partial charge is 0.137 e. The summed E-state index contributed by atoms with van der Waals surface area (Å²) in [5.74, 6) is 1.80. The fraction of sp³-hybridized carbons (Fsp3) is 0.421. The number of hydrogen-bond acceptors (Lipinski definition) is 4. The van der Waals surface area contributed by atoms with Crippen molar-refractivity contribution in [3.63, 3.8) is 0 Å². The molecule has 4 heteroatoms. The Bertz CT molecular complexity index is 624. The third kappa shape index (κ3) is 4.45. The van der Waals surface area contributed by atoms with Crippen molar-refractivity contribution in [2.75, 3.05) is 20.3 Å². The third-order valence-corrected chi connectivity index (χ3v) is 4.26. The molecule has 1 saturated heterocycles. The maximum Gasteiger partial charge on any atom is 0.137 e. The highest BCUT2D eigenvalue weighted by atomic mass is 16.5. The van der Waals surface area contributed by atoms with Gasteiger partial charge in [-0.15, -0.1) is 0 Å². The molecule has 122 valence electrons. The first-order chi connectivity index (χ1) is 11.3. The number of methoxy groups -OCH3 is 1. The second-order valence-electron chi connectivity index (χ2n) is 5.95. The average molecular weight is 312 g/mol. The zero-order valence-corrected chi connectivity index (χ0v) is 13.6. The Morgan fingerprint density at radius 2 is 2.13 bits per heavy atom. The minimum atomic E-state index is 0.479. The van der Waals surface area contributed by atoms with E-state index in [1.807, 2.05) is 24.4 Å². The zero-order valence-electron chi connectivity index (χ0n) is 13.6. The summed E-state index contributed by atoms with van der Waals surface area (Å²) < 4.78 is 11.3. The molecule has 0 aliphatic carbocycles. The lowest BCUT2D eigenvalue weighted by Crippen LogP contribution is -2.28. The second-order valence-corrected chi connectivity index (χ2v) is 5.95. The fourth-order valence-corrected chi connectivity index (χ4v) is 2.96. The number of pyridine rings is 1. The summed E-state index contributed by atoms with van der Waals surface area (Å²) in [6.45, 7) is 1.82. The summed E-state index contributed by atoms with van der Waals surface area (Å²) in [6, 6.07) is 10.7. The summed E-state index contributed by atoms with van der Waals surface area (Å²) in [7, 11) is 1.71. The number of nitrogens with zero attached hydrogens (tertiary/aromatic N) is 1. The van der Waals surface area contributed by atoms with Gasteiger partial charge in [-0.3, -0.25) is 4.98 Å². The van der Waals surface area contributed by atoms with Gasteiger partial charge in [-0.25, -0.2) is 0 Å². The van der Waals surface area contributed by atoms with Crippen LogP contribution >= 0.6 is 0 Å². The van der Waals surface area contributed by atoms with Crippen LogP contribution in [0.4, 0.5) is 0 Å². The van der Waals surface area contributed by atoms with E-state index in [1.165, 1.54) is 24.0 Å². The lowest BCUT2D eigenvalue weighted by atomic mass is 10.0. The molecule has 0 amide bonds. The first kappa shape index (κ1) is 15.8. The van der Waals surface area contributed by atoms with Gasteiger partial charge in [0.05, 0.1) is 13.3 Å². The molecule has 1 fully saturated rings. The molecule has 4 nitrogen and oxygen atoms in total. The maximum atomic E-state index is 5.88. The molecule has 1 unspecified atom stereocenters. The van der Waals surface area contributed by atoms with Crippen LogP contribution in [0, 0.1) is 0 Å². The van der Waals surface area contributed by atoms with Crippen molar-refractivity contribution in [2.45, 2.75) is 31.7 Å². The lowest BCUT2D eigenvalue weighted by Gasteiger charge is -2.12. The van der Waals surface area contributed by atoms with Crippen molar-refractivity contribution >= 4 is 0 Å². The molecule has 2 aromatic rings. The van der Waals surface area contributed by atoms with E-state index < -0.39 is 0 Å². The minimum absolute atomic E-state index is 0.479. The number of hydrogen-bond donors (Lipinski definition) is 1. The van der Waals surface area contributed by atoms with Crippen molar-refractivity contribution in [1.82, 2.24) is 10.3 Å². The molecule has 1 aliphatic rings. The van der Waals surface area contributed by atoms with Crippen molar-refractivity contribution < 1.29 is 9.47 Å². The van der Waals surface area contributed by atoms with Gasteiger partial charge in [0.1, 0.15) is 18.1 Å². The largest absolute Gasteiger partial charge is 0.496 e. The zero-order chi connectivity index (χ0) is 15.9. The SMILES string of the molecule is COc1ccccc1CCc1cncc(OCC2CCCN2)c1. The predicted molar refractivity (Wildman–Crippen MR) is 91.2 cm³/mol. The van der Waals surface area contributed by atoms with Gasteiger partial charge in [0.15, 0.2) is 0 Å². The van der Waals surface area contributed by atoms with Crippen molar-refractivity contribution in [1.29, 1.82) is 0 Å². The monoisotopic (exact) mass is 312 g/mol. The van der Waals surface area contributed by atoms with Crippen LogP contribution in [0.1, 0.15) is 24.0 Å². The summed E-state index contributed by atoms with van der Waals surface area (Å²) in [5, 5.41) is 3.44. The highest BCUT2D eigenvalue weighted by molar-refractivity contribution is 5.34. The van der Waals surface area contributed by atoms with E-state index in [4.69, 9.17) is 9.47 Å². The lowest BCUT2D eigenvalue weighted by molar-refractivity contribution is 0.276. The van der Waals surface area contributed by atoms with Gasteiger partial charge in [0.25, 0.3) is 0 Å². The molecule has 1 aromatic carbocycles. The number of aryl methyl sites for hydroxylation is 2. The molecule has 1 aromatic heterocycles. The normalized spacial score (nSPS) is 17.2. The molecule has 0 saturated carbocycles. The van der Waals surface area contributed by atoms with Gasteiger partial charge >= 0.3 is 0 Å². The van der Waals surface area contributed by atoms with Gasteiger partial charge in [-0.05, 0) is 55.5 Å². The summed E-state index contributed by atoms with van der Waals surface area (Å²) in [6.07, 6.45) is 8.00. The van der Waals surface area contributed by atoms with E-state index in [9.17, 15) is 0 Å². The molecule has 23 heavy (non-hydrogen) atoms. The maximum absolute atomic E-state index is 5.88. The van der Waals surface area contributed by atoms with Crippen LogP contribution < -0.4 is 14.8 Å². The second kappa shape index (κ2) is 7.97. The summed E-state index contributed by atoms with van der Waals surface area (Å²) >= 11 is 0. The van der Waals surface area contributed by atoms with Crippen molar-refractivity contribution in [2.24, 2.45) is 0 Å². The quantitative estimate of drug-likeness (QED) is 0.853. The Kier molecular flexibility index (Phi) is 5.48. The van der Waals surface area contributed by atoms with E-state index in [0.717, 1.165) is 37.5 Å². The Morgan fingerprint density at radius 1 is 1.22 bits per heavy atom. The van der Waals surface area contributed by atoms with Gasteiger partial charge < -0.3 is 14.8 Å². The molecule has 1 atom stereocenters. The van der Waals surface area contributed by atoms with Crippen LogP contribution in [0.5, 0.6) is 11.5 Å². The van der Waals surface area contributed by atoms with Crippen molar-refractivity contribution in [3.05, 3.63) is 53.9 Å². The Morgan fingerprint density at radius 3 is 2.96 bits per heavy atom. The summed E-state index contributed by atoms with van der Waals surface area (Å²) in [4.78, 5) is 4.31. The third-order valence-electron chi connectivity index (χ3n) is 4.26. The topological polar surface area (TPSA) is 43.4 Å². The molecule has 1 N–H and O–H groups in total. The predicted octanol–water partition coefficient (Wildman–Crippen LogP) is 3.01. The summed E-state index contributed by atoms with van der Waals surface area (Å²) in [5.41, 5.74) is 2.41. The fourth-order valence-electron chi connectivity index (χ4n) is 2.96. The Hall–Kier alpha value is -2.07. The molecule has 0 radical (unpaired) electrons. The van der Waals surface area contributed by atoms with Gasteiger partial charge in [0.2, 0.25) is 0 Å². The average Bonchev–Trinajstić information content (AvgIpc) is 3.12. The van der Waals surface area contributed by atoms with Crippen LogP contribution in [0.15, 0.2) is 42.7 Å². The number of para-hydroxylation sites is 1. The number of aromatic nitrogens is 1.